The first-order valence-corrected chi connectivity index (χ1v) is 6.91. The van der Waals surface area contributed by atoms with E-state index in [9.17, 15) is 9.59 Å². The summed E-state index contributed by atoms with van der Waals surface area (Å²) >= 11 is 0. The van der Waals surface area contributed by atoms with Gasteiger partial charge in [-0.25, -0.2) is 9.97 Å². The van der Waals surface area contributed by atoms with E-state index in [1.54, 1.807) is 31.3 Å². The predicted octanol–water partition coefficient (Wildman–Crippen LogP) is 0.834. The summed E-state index contributed by atoms with van der Waals surface area (Å²) in [7, 11) is 1.58. The van der Waals surface area contributed by atoms with Crippen LogP contribution >= 0.6 is 0 Å². The van der Waals surface area contributed by atoms with Crippen LogP contribution in [0.3, 0.4) is 0 Å². The molecule has 0 aliphatic heterocycles. The van der Waals surface area contributed by atoms with E-state index in [1.807, 2.05) is 0 Å². The summed E-state index contributed by atoms with van der Waals surface area (Å²) in [6.07, 6.45) is 3.15. The van der Waals surface area contributed by atoms with E-state index < -0.39 is 5.91 Å². The minimum Gasteiger partial charge on any atom is -0.493 e. The average Bonchev–Trinajstić information content (AvgIpc) is 2.56. The van der Waals surface area contributed by atoms with Crippen LogP contribution in [0.15, 0.2) is 36.7 Å². The van der Waals surface area contributed by atoms with E-state index in [0.29, 0.717) is 18.0 Å². The maximum Gasteiger partial charge on any atom is 0.271 e. The number of anilines is 2. The number of hydrogen-bond acceptors (Lipinski definition) is 6. The van der Waals surface area contributed by atoms with Gasteiger partial charge in [-0.2, -0.15) is 0 Å². The van der Waals surface area contributed by atoms with Gasteiger partial charge in [-0.05, 0) is 24.3 Å². The van der Waals surface area contributed by atoms with Crippen molar-refractivity contribution in [3.8, 4) is 5.75 Å². The van der Waals surface area contributed by atoms with Crippen LogP contribution in [0.4, 0.5) is 11.5 Å². The Labute approximate surface area is 133 Å². The van der Waals surface area contributed by atoms with Gasteiger partial charge in [0.25, 0.3) is 5.91 Å². The molecule has 0 spiro atoms. The van der Waals surface area contributed by atoms with E-state index >= 15 is 0 Å². The Kier molecular flexibility index (Phi) is 5.45. The molecule has 8 heteroatoms. The van der Waals surface area contributed by atoms with Crippen molar-refractivity contribution in [3.05, 3.63) is 42.4 Å². The number of carbonyl (C=O) groups excluding carboxylic acids is 2. The highest BCUT2D eigenvalue weighted by molar-refractivity contribution is 5.96. The van der Waals surface area contributed by atoms with Crippen LogP contribution in [-0.2, 0) is 4.79 Å². The van der Waals surface area contributed by atoms with Crippen molar-refractivity contribution in [2.24, 2.45) is 5.73 Å². The first-order chi connectivity index (χ1) is 11.1. The fourth-order valence-corrected chi connectivity index (χ4v) is 1.77. The molecule has 0 bridgehead atoms. The lowest BCUT2D eigenvalue weighted by atomic mass is 10.3. The standard InChI is InChI=1S/C15H17N5O3/c1-17-12(21)6-9-23-11-4-2-10(3-5-11)20-15-13(14(16)22)18-7-8-19-15/h2-5,7-8H,6,9H2,1H3,(H2,16,22)(H,17,21)(H,19,20). The molecule has 4 N–H and O–H groups in total. The smallest absolute Gasteiger partial charge is 0.271 e. The molecule has 1 aromatic heterocycles. The molecule has 2 aromatic rings. The Balaban J connectivity index is 1.98. The lowest BCUT2D eigenvalue weighted by molar-refractivity contribution is -0.121. The molecule has 1 aromatic carbocycles. The summed E-state index contributed by atoms with van der Waals surface area (Å²) < 4.78 is 5.45. The molecule has 0 fully saturated rings. The van der Waals surface area contributed by atoms with Gasteiger partial charge in [0, 0.05) is 25.1 Å². The quantitative estimate of drug-likeness (QED) is 0.696. The third-order valence-electron chi connectivity index (χ3n) is 2.93. The van der Waals surface area contributed by atoms with Gasteiger partial charge >= 0.3 is 0 Å². The van der Waals surface area contributed by atoms with Crippen LogP contribution in [0.25, 0.3) is 0 Å². The first kappa shape index (κ1) is 16.2. The normalized spacial score (nSPS) is 9.96. The van der Waals surface area contributed by atoms with Crippen LogP contribution in [-0.4, -0.2) is 35.4 Å². The lowest BCUT2D eigenvalue weighted by Crippen LogP contribution is -2.20. The van der Waals surface area contributed by atoms with E-state index in [1.165, 1.54) is 12.4 Å². The Hall–Kier alpha value is -3.16. The number of amides is 2. The summed E-state index contributed by atoms with van der Waals surface area (Å²) in [6.45, 7) is 0.294. The van der Waals surface area contributed by atoms with Gasteiger partial charge in [0.2, 0.25) is 5.91 Å². The molecule has 0 aliphatic rings. The Bertz CT molecular complexity index is 688. The number of benzene rings is 1. The predicted molar refractivity (Wildman–Crippen MR) is 84.5 cm³/mol. The second-order valence-corrected chi connectivity index (χ2v) is 4.54. The fraction of sp³-hybridized carbons (Fsp3) is 0.200. The highest BCUT2D eigenvalue weighted by Gasteiger charge is 2.10. The average molecular weight is 315 g/mol. The molecule has 0 aliphatic carbocycles. The van der Waals surface area contributed by atoms with E-state index in [-0.39, 0.29) is 23.8 Å². The largest absolute Gasteiger partial charge is 0.493 e. The van der Waals surface area contributed by atoms with Crippen molar-refractivity contribution in [1.29, 1.82) is 0 Å². The summed E-state index contributed by atoms with van der Waals surface area (Å²) in [5.74, 6) is 0.182. The number of nitrogens with one attached hydrogen (secondary N) is 2. The highest BCUT2D eigenvalue weighted by atomic mass is 16.5. The minimum atomic E-state index is -0.658. The minimum absolute atomic E-state index is 0.0680. The number of nitrogens with zero attached hydrogens (tertiary/aromatic N) is 2. The fourth-order valence-electron chi connectivity index (χ4n) is 1.77. The number of ether oxygens (including phenoxy) is 1. The summed E-state index contributed by atoms with van der Waals surface area (Å²) in [6, 6.07) is 7.00. The molecule has 8 nitrogen and oxygen atoms in total. The SMILES string of the molecule is CNC(=O)CCOc1ccc(Nc2nccnc2C(N)=O)cc1. The molecule has 2 rings (SSSR count). The van der Waals surface area contributed by atoms with E-state index in [4.69, 9.17) is 10.5 Å². The zero-order valence-electron chi connectivity index (χ0n) is 12.6. The van der Waals surface area contributed by atoms with E-state index in [0.717, 1.165) is 0 Å². The van der Waals surface area contributed by atoms with Crippen LogP contribution < -0.4 is 21.1 Å². The third kappa shape index (κ3) is 4.67. The highest BCUT2D eigenvalue weighted by Crippen LogP contribution is 2.20. The zero-order chi connectivity index (χ0) is 16.7. The Morgan fingerprint density at radius 2 is 1.87 bits per heavy atom. The van der Waals surface area contributed by atoms with Crippen LogP contribution in [0.5, 0.6) is 5.75 Å². The number of carbonyl (C=O) groups is 2. The molecular formula is C15H17N5O3. The summed E-state index contributed by atoms with van der Waals surface area (Å²) in [5.41, 5.74) is 6.02. The van der Waals surface area contributed by atoms with Gasteiger partial charge in [-0.3, -0.25) is 9.59 Å². The van der Waals surface area contributed by atoms with Gasteiger partial charge in [0.15, 0.2) is 11.5 Å². The molecule has 0 radical (unpaired) electrons. The lowest BCUT2D eigenvalue weighted by Gasteiger charge is -2.09. The number of primary amides is 1. The molecule has 0 unspecified atom stereocenters. The zero-order valence-corrected chi connectivity index (χ0v) is 12.6. The molecule has 23 heavy (non-hydrogen) atoms. The molecule has 2 amide bonds. The van der Waals surface area contributed by atoms with Gasteiger partial charge < -0.3 is 21.1 Å². The van der Waals surface area contributed by atoms with Crippen molar-refractivity contribution in [1.82, 2.24) is 15.3 Å². The van der Waals surface area contributed by atoms with Crippen LogP contribution in [0, 0.1) is 0 Å². The summed E-state index contributed by atoms with van der Waals surface area (Å²) in [5, 5.41) is 5.49. The van der Waals surface area contributed by atoms with Crippen molar-refractivity contribution in [2.45, 2.75) is 6.42 Å². The van der Waals surface area contributed by atoms with Gasteiger partial charge in [-0.15, -0.1) is 0 Å². The monoisotopic (exact) mass is 315 g/mol. The third-order valence-corrected chi connectivity index (χ3v) is 2.93. The molecule has 1 heterocycles. The molecular weight excluding hydrogens is 298 g/mol. The number of aromatic nitrogens is 2. The molecule has 0 saturated heterocycles. The van der Waals surface area contributed by atoms with Gasteiger partial charge in [0.1, 0.15) is 5.75 Å². The van der Waals surface area contributed by atoms with Crippen molar-refractivity contribution in [2.75, 3.05) is 19.0 Å². The van der Waals surface area contributed by atoms with E-state index in [2.05, 4.69) is 20.6 Å². The topological polar surface area (TPSA) is 119 Å². The van der Waals surface area contributed by atoms with Crippen molar-refractivity contribution >= 4 is 23.3 Å². The molecule has 0 saturated carbocycles. The van der Waals surface area contributed by atoms with Crippen molar-refractivity contribution < 1.29 is 14.3 Å². The second-order valence-electron chi connectivity index (χ2n) is 4.54. The summed E-state index contributed by atoms with van der Waals surface area (Å²) in [4.78, 5) is 30.3. The Morgan fingerprint density at radius 1 is 1.17 bits per heavy atom. The maximum absolute atomic E-state index is 11.3. The number of hydrogen-bond donors (Lipinski definition) is 3. The number of nitrogens with two attached hydrogens (primary N) is 1. The van der Waals surface area contributed by atoms with Crippen molar-refractivity contribution in [3.63, 3.8) is 0 Å². The molecule has 0 atom stereocenters. The Morgan fingerprint density at radius 3 is 2.52 bits per heavy atom. The number of rotatable bonds is 7. The van der Waals surface area contributed by atoms with Crippen LogP contribution in [0.2, 0.25) is 0 Å². The maximum atomic E-state index is 11.3. The molecule has 120 valence electrons. The second kappa shape index (κ2) is 7.74. The first-order valence-electron chi connectivity index (χ1n) is 6.91. The van der Waals surface area contributed by atoms with Crippen LogP contribution in [0.1, 0.15) is 16.9 Å². The van der Waals surface area contributed by atoms with Gasteiger partial charge in [0.05, 0.1) is 13.0 Å². The van der Waals surface area contributed by atoms with Gasteiger partial charge in [-0.1, -0.05) is 0 Å².